The minimum Gasteiger partial charge on any atom is -0.400 e. The van der Waals surface area contributed by atoms with E-state index in [1.54, 1.807) is 0 Å². The molecular formula is C5H13ClO3. The standard InChI is InChI=1S/C4H8O2.CH4O.ClH/c1-2-4-6-5-3-1;1-2;/h1-4H2;2H,1H3;1H. The lowest BCUT2D eigenvalue weighted by Crippen LogP contribution is -2.05. The van der Waals surface area contributed by atoms with Gasteiger partial charge < -0.3 is 5.11 Å². The van der Waals surface area contributed by atoms with Gasteiger partial charge in [0.1, 0.15) is 0 Å². The van der Waals surface area contributed by atoms with Gasteiger partial charge in [0.2, 0.25) is 0 Å². The van der Waals surface area contributed by atoms with E-state index >= 15 is 0 Å². The predicted octanol–water partition coefficient (Wildman–Crippen LogP) is 0.759. The summed E-state index contributed by atoms with van der Waals surface area (Å²) in [5.74, 6) is 0. The Kier molecular flexibility index (Phi) is 14.6. The van der Waals surface area contributed by atoms with Crippen LogP contribution in [-0.2, 0) is 9.78 Å². The van der Waals surface area contributed by atoms with Crippen LogP contribution in [-0.4, -0.2) is 25.4 Å². The lowest BCUT2D eigenvalue weighted by Gasteiger charge is -2.07. The average Bonchev–Trinajstić information content (AvgIpc) is 1.96. The van der Waals surface area contributed by atoms with Crippen LogP contribution >= 0.6 is 12.4 Å². The minimum absolute atomic E-state index is 0. The summed E-state index contributed by atoms with van der Waals surface area (Å²) in [6.07, 6.45) is 2.31. The summed E-state index contributed by atoms with van der Waals surface area (Å²) in [7, 11) is 1.00. The zero-order chi connectivity index (χ0) is 6.24. The van der Waals surface area contributed by atoms with Crippen molar-refractivity contribution in [3.8, 4) is 0 Å². The van der Waals surface area contributed by atoms with Crippen LogP contribution in [0.4, 0.5) is 0 Å². The molecule has 1 rings (SSSR count). The second kappa shape index (κ2) is 11.0. The molecule has 0 aliphatic carbocycles. The molecule has 3 nitrogen and oxygen atoms in total. The third-order valence-corrected chi connectivity index (χ3v) is 0.789. The van der Waals surface area contributed by atoms with Gasteiger partial charge in [-0.3, -0.25) is 0 Å². The second-order valence-electron chi connectivity index (χ2n) is 1.35. The normalized spacial score (nSPS) is 16.7. The van der Waals surface area contributed by atoms with E-state index in [1.807, 2.05) is 0 Å². The molecule has 0 aromatic heterocycles. The van der Waals surface area contributed by atoms with Crippen molar-refractivity contribution in [1.82, 2.24) is 0 Å². The molecule has 1 aliphatic heterocycles. The largest absolute Gasteiger partial charge is 0.400 e. The van der Waals surface area contributed by atoms with E-state index in [9.17, 15) is 0 Å². The Balaban J connectivity index is 0. The van der Waals surface area contributed by atoms with Crippen LogP contribution < -0.4 is 0 Å². The van der Waals surface area contributed by atoms with Crippen molar-refractivity contribution >= 4 is 12.4 Å². The van der Waals surface area contributed by atoms with E-state index in [1.165, 1.54) is 0 Å². The van der Waals surface area contributed by atoms with Crippen LogP contribution in [0.15, 0.2) is 0 Å². The number of hydrogen-bond donors (Lipinski definition) is 1. The third-order valence-electron chi connectivity index (χ3n) is 0.789. The Morgan fingerprint density at radius 2 is 1.33 bits per heavy atom. The highest BCUT2D eigenvalue weighted by atomic mass is 35.5. The van der Waals surface area contributed by atoms with Crippen LogP contribution in [0, 0.1) is 0 Å². The van der Waals surface area contributed by atoms with Gasteiger partial charge in [-0.1, -0.05) is 0 Å². The molecule has 1 N–H and O–H groups in total. The van der Waals surface area contributed by atoms with Crippen molar-refractivity contribution in [3.63, 3.8) is 0 Å². The molecule has 1 aliphatic rings. The highest BCUT2D eigenvalue weighted by Gasteiger charge is 1.95. The van der Waals surface area contributed by atoms with Crippen LogP contribution in [0.2, 0.25) is 0 Å². The molecule has 4 heteroatoms. The maximum Gasteiger partial charge on any atom is 0.0823 e. The zero-order valence-electron chi connectivity index (χ0n) is 5.50. The quantitative estimate of drug-likeness (QED) is 0.527. The van der Waals surface area contributed by atoms with Crippen molar-refractivity contribution < 1.29 is 14.9 Å². The summed E-state index contributed by atoms with van der Waals surface area (Å²) < 4.78 is 0. The predicted molar refractivity (Wildman–Crippen MR) is 36.5 cm³/mol. The number of rotatable bonds is 0. The molecule has 0 unspecified atom stereocenters. The maximum atomic E-state index is 7.00. The van der Waals surface area contributed by atoms with Crippen molar-refractivity contribution in [1.29, 1.82) is 0 Å². The first-order chi connectivity index (χ1) is 4.00. The lowest BCUT2D eigenvalue weighted by molar-refractivity contribution is -0.312. The summed E-state index contributed by atoms with van der Waals surface area (Å²) in [4.78, 5) is 9.14. The van der Waals surface area contributed by atoms with Gasteiger partial charge in [-0.05, 0) is 12.8 Å². The first-order valence-electron chi connectivity index (χ1n) is 2.69. The molecule has 0 saturated carbocycles. The summed E-state index contributed by atoms with van der Waals surface area (Å²) >= 11 is 0. The molecule has 0 amide bonds. The summed E-state index contributed by atoms with van der Waals surface area (Å²) in [6.45, 7) is 1.56. The van der Waals surface area contributed by atoms with Gasteiger partial charge in [0, 0.05) is 7.11 Å². The number of aliphatic hydroxyl groups is 1. The number of halogens is 1. The molecular weight excluding hydrogens is 144 g/mol. The van der Waals surface area contributed by atoms with E-state index in [0.717, 1.165) is 33.2 Å². The van der Waals surface area contributed by atoms with E-state index in [4.69, 9.17) is 5.11 Å². The molecule has 0 aromatic rings. The molecule has 0 bridgehead atoms. The molecule has 1 heterocycles. The topological polar surface area (TPSA) is 38.7 Å². The monoisotopic (exact) mass is 156 g/mol. The molecule has 58 valence electrons. The number of aliphatic hydroxyl groups excluding tert-OH is 1. The molecule has 0 radical (unpaired) electrons. The van der Waals surface area contributed by atoms with Gasteiger partial charge in [0.15, 0.2) is 0 Å². The second-order valence-corrected chi connectivity index (χ2v) is 1.35. The Morgan fingerprint density at radius 1 is 1.00 bits per heavy atom. The summed E-state index contributed by atoms with van der Waals surface area (Å²) in [5.41, 5.74) is 0. The van der Waals surface area contributed by atoms with E-state index in [2.05, 4.69) is 9.78 Å². The van der Waals surface area contributed by atoms with Gasteiger partial charge in [-0.15, -0.1) is 12.4 Å². The fraction of sp³-hybridized carbons (Fsp3) is 1.00. The fourth-order valence-electron chi connectivity index (χ4n) is 0.440. The van der Waals surface area contributed by atoms with Gasteiger partial charge >= 0.3 is 0 Å². The fourth-order valence-corrected chi connectivity index (χ4v) is 0.440. The average molecular weight is 157 g/mol. The van der Waals surface area contributed by atoms with Gasteiger partial charge in [0.05, 0.1) is 13.2 Å². The summed E-state index contributed by atoms with van der Waals surface area (Å²) in [5, 5.41) is 7.00. The van der Waals surface area contributed by atoms with Crippen molar-refractivity contribution in [2.24, 2.45) is 0 Å². The highest BCUT2D eigenvalue weighted by molar-refractivity contribution is 5.85. The van der Waals surface area contributed by atoms with Crippen LogP contribution in [0.25, 0.3) is 0 Å². The minimum atomic E-state index is 0. The van der Waals surface area contributed by atoms with Crippen molar-refractivity contribution in [2.75, 3.05) is 20.3 Å². The third kappa shape index (κ3) is 8.17. The van der Waals surface area contributed by atoms with E-state index in [0.29, 0.717) is 0 Å². The molecule has 1 fully saturated rings. The summed E-state index contributed by atoms with van der Waals surface area (Å²) in [6, 6.07) is 0. The van der Waals surface area contributed by atoms with Crippen LogP contribution in [0.3, 0.4) is 0 Å². The van der Waals surface area contributed by atoms with Crippen molar-refractivity contribution in [3.05, 3.63) is 0 Å². The smallest absolute Gasteiger partial charge is 0.0823 e. The lowest BCUT2D eigenvalue weighted by atomic mass is 10.3. The molecule has 0 spiro atoms. The maximum absolute atomic E-state index is 7.00. The van der Waals surface area contributed by atoms with Crippen LogP contribution in [0.5, 0.6) is 0 Å². The first-order valence-corrected chi connectivity index (χ1v) is 2.69. The van der Waals surface area contributed by atoms with Gasteiger partial charge in [0.25, 0.3) is 0 Å². The highest BCUT2D eigenvalue weighted by Crippen LogP contribution is 1.97. The molecule has 0 atom stereocenters. The molecule has 9 heavy (non-hydrogen) atoms. The Labute approximate surface area is 61.3 Å². The van der Waals surface area contributed by atoms with Gasteiger partial charge in [-0.25, -0.2) is 9.78 Å². The van der Waals surface area contributed by atoms with Crippen LogP contribution in [0.1, 0.15) is 12.8 Å². The van der Waals surface area contributed by atoms with E-state index in [-0.39, 0.29) is 12.4 Å². The Hall–Kier alpha value is 0.170. The molecule has 1 saturated heterocycles. The SMILES string of the molecule is C1CCOOC1.CO.Cl. The number of hydrogen-bond acceptors (Lipinski definition) is 3. The molecule has 0 aromatic carbocycles. The Morgan fingerprint density at radius 3 is 1.44 bits per heavy atom. The van der Waals surface area contributed by atoms with Crippen molar-refractivity contribution in [2.45, 2.75) is 12.8 Å². The zero-order valence-corrected chi connectivity index (χ0v) is 6.32. The first kappa shape index (κ1) is 11.9. The van der Waals surface area contributed by atoms with E-state index < -0.39 is 0 Å². The van der Waals surface area contributed by atoms with Gasteiger partial charge in [-0.2, -0.15) is 0 Å². The Bertz CT molecular complexity index is 27.7.